The minimum absolute atomic E-state index is 0.00472. The summed E-state index contributed by atoms with van der Waals surface area (Å²) < 4.78 is 27.2. The van der Waals surface area contributed by atoms with E-state index in [9.17, 15) is 18.3 Å². The van der Waals surface area contributed by atoms with Crippen molar-refractivity contribution >= 4 is 22.2 Å². The first kappa shape index (κ1) is 16.8. The van der Waals surface area contributed by atoms with Crippen LogP contribution in [0, 0.1) is 0 Å². The molecule has 22 heavy (non-hydrogen) atoms. The quantitative estimate of drug-likeness (QED) is 0.590. The normalized spacial score (nSPS) is 20.2. The van der Waals surface area contributed by atoms with E-state index < -0.39 is 16.3 Å². The molecule has 0 spiro atoms. The van der Waals surface area contributed by atoms with E-state index in [1.165, 1.54) is 12.8 Å². The number of nitrogens with zero attached hydrogens (tertiary/aromatic N) is 1. The highest BCUT2D eigenvalue weighted by Crippen LogP contribution is 2.32. The number of carbonyl (C=O) groups is 1. The third-order valence-corrected chi connectivity index (χ3v) is 5.27. The molecule has 0 aromatic heterocycles. The van der Waals surface area contributed by atoms with E-state index in [1.807, 2.05) is 6.07 Å². The van der Waals surface area contributed by atoms with E-state index in [4.69, 9.17) is 0 Å². The first-order valence-corrected chi connectivity index (χ1v) is 8.99. The van der Waals surface area contributed by atoms with Gasteiger partial charge in [-0.15, -0.1) is 0 Å². The van der Waals surface area contributed by atoms with E-state index in [0.717, 1.165) is 29.1 Å². The monoisotopic (exact) mass is 326 g/mol. The molecule has 1 aliphatic rings. The summed E-state index contributed by atoms with van der Waals surface area (Å²) in [6.45, 7) is 2.15. The van der Waals surface area contributed by atoms with Crippen LogP contribution in [0.4, 0.5) is 5.69 Å². The van der Waals surface area contributed by atoms with Gasteiger partial charge in [0.2, 0.25) is 0 Å². The maximum absolute atomic E-state index is 12.0. The highest BCUT2D eigenvalue weighted by Gasteiger charge is 2.36. The molecule has 6 nitrogen and oxygen atoms in total. The van der Waals surface area contributed by atoms with Crippen LogP contribution in [-0.4, -0.2) is 32.4 Å². The van der Waals surface area contributed by atoms with Gasteiger partial charge < -0.3 is 9.90 Å². The van der Waals surface area contributed by atoms with Gasteiger partial charge in [-0.2, -0.15) is 13.1 Å². The lowest BCUT2D eigenvalue weighted by atomic mass is 10.1. The van der Waals surface area contributed by atoms with Gasteiger partial charge in [0.05, 0.1) is 18.3 Å². The summed E-state index contributed by atoms with van der Waals surface area (Å²) in [6, 6.07) is 4.24. The summed E-state index contributed by atoms with van der Waals surface area (Å²) in [5.74, 6) is -0.0788. The average molecular weight is 326 g/mol. The highest BCUT2D eigenvalue weighted by atomic mass is 32.2. The Hall–Kier alpha value is -1.60. The largest absolute Gasteiger partial charge is 0.506 e. The van der Waals surface area contributed by atoms with E-state index in [-0.39, 0.29) is 18.0 Å². The smallest absolute Gasteiger partial charge is 0.302 e. The van der Waals surface area contributed by atoms with Crippen molar-refractivity contribution in [2.75, 3.05) is 10.8 Å². The Labute approximate surface area is 131 Å². The number of aldehydes is 1. The molecule has 1 unspecified atom stereocenters. The van der Waals surface area contributed by atoms with Crippen LogP contribution >= 0.6 is 0 Å². The van der Waals surface area contributed by atoms with Crippen molar-refractivity contribution < 1.29 is 18.3 Å². The zero-order valence-corrected chi connectivity index (χ0v) is 13.5. The minimum Gasteiger partial charge on any atom is -0.506 e. The van der Waals surface area contributed by atoms with Gasteiger partial charge in [-0.05, 0) is 30.5 Å². The Bertz CT molecular complexity index is 630. The zero-order valence-electron chi connectivity index (χ0n) is 12.7. The van der Waals surface area contributed by atoms with E-state index >= 15 is 0 Å². The molecule has 1 aromatic rings. The molecule has 1 atom stereocenters. The summed E-state index contributed by atoms with van der Waals surface area (Å²) in [5.41, 5.74) is 1.18. The molecule has 1 saturated heterocycles. The number of rotatable bonds is 7. The number of hydrogen-bond donors (Lipinski definition) is 2. The van der Waals surface area contributed by atoms with Crippen molar-refractivity contribution in [3.63, 3.8) is 0 Å². The van der Waals surface area contributed by atoms with Crippen molar-refractivity contribution in [1.82, 2.24) is 4.72 Å². The predicted octanol–water partition coefficient (Wildman–Crippen LogP) is 1.74. The minimum atomic E-state index is -3.77. The van der Waals surface area contributed by atoms with Gasteiger partial charge in [-0.25, -0.2) is 0 Å². The predicted molar refractivity (Wildman–Crippen MR) is 85.2 cm³/mol. The maximum atomic E-state index is 12.0. The van der Waals surface area contributed by atoms with Gasteiger partial charge in [0.25, 0.3) is 0 Å². The molecule has 1 heterocycles. The fraction of sp³-hybridized carbons (Fsp3) is 0.533. The Balaban J connectivity index is 2.11. The number of hydrogen-bond acceptors (Lipinski definition) is 4. The number of unbranched alkanes of at least 4 members (excludes halogenated alkanes) is 3. The number of nitrogens with one attached hydrogen (secondary N) is 1. The van der Waals surface area contributed by atoms with Crippen LogP contribution in [0.3, 0.4) is 0 Å². The maximum Gasteiger partial charge on any atom is 0.302 e. The van der Waals surface area contributed by atoms with Crippen LogP contribution in [0.25, 0.3) is 0 Å². The molecule has 0 amide bonds. The molecule has 0 aliphatic carbocycles. The Morgan fingerprint density at radius 2 is 2.14 bits per heavy atom. The lowest BCUT2D eigenvalue weighted by Crippen LogP contribution is -2.30. The van der Waals surface area contributed by atoms with Gasteiger partial charge in [-0.3, -0.25) is 4.31 Å². The van der Waals surface area contributed by atoms with Crippen molar-refractivity contribution in [2.45, 2.75) is 45.1 Å². The van der Waals surface area contributed by atoms with E-state index in [0.29, 0.717) is 6.29 Å². The molecule has 122 valence electrons. The third-order valence-electron chi connectivity index (χ3n) is 3.74. The van der Waals surface area contributed by atoms with Gasteiger partial charge in [0.15, 0.2) is 0 Å². The number of aromatic hydroxyl groups is 1. The number of benzene rings is 1. The number of carbonyl (C=O) groups excluding carboxylic acids is 1. The molecule has 1 aliphatic heterocycles. The van der Waals surface area contributed by atoms with Crippen LogP contribution in [0.5, 0.6) is 5.75 Å². The summed E-state index contributed by atoms with van der Waals surface area (Å²) in [6.07, 6.45) is 5.96. The van der Waals surface area contributed by atoms with Crippen LogP contribution in [-0.2, 0) is 21.4 Å². The van der Waals surface area contributed by atoms with Gasteiger partial charge in [0.1, 0.15) is 12.0 Å². The van der Waals surface area contributed by atoms with Crippen molar-refractivity contribution in [3.05, 3.63) is 23.8 Å². The van der Waals surface area contributed by atoms with Gasteiger partial charge >= 0.3 is 10.2 Å². The zero-order chi connectivity index (χ0) is 16.2. The summed E-state index contributed by atoms with van der Waals surface area (Å²) in [5, 5.41) is 10.1. The van der Waals surface area contributed by atoms with Crippen molar-refractivity contribution in [1.29, 1.82) is 0 Å². The molecular formula is C15H22N2O4S. The second-order valence-corrected chi connectivity index (χ2v) is 7.16. The molecular weight excluding hydrogens is 304 g/mol. The Morgan fingerprint density at radius 1 is 1.36 bits per heavy atom. The average Bonchev–Trinajstić information content (AvgIpc) is 2.79. The van der Waals surface area contributed by atoms with E-state index in [1.54, 1.807) is 12.1 Å². The number of phenols is 1. The molecule has 0 saturated carbocycles. The van der Waals surface area contributed by atoms with Crippen molar-refractivity contribution in [2.24, 2.45) is 0 Å². The lowest BCUT2D eigenvalue weighted by Gasteiger charge is -2.17. The Kier molecular flexibility index (Phi) is 5.42. The third kappa shape index (κ3) is 3.78. The van der Waals surface area contributed by atoms with Crippen LogP contribution in [0.2, 0.25) is 0 Å². The topological polar surface area (TPSA) is 86.7 Å². The van der Waals surface area contributed by atoms with Crippen LogP contribution in [0.1, 0.15) is 38.2 Å². The molecule has 2 N–H and O–H groups in total. The molecule has 2 rings (SSSR count). The van der Waals surface area contributed by atoms with Gasteiger partial charge in [0, 0.05) is 0 Å². The van der Waals surface area contributed by atoms with Crippen LogP contribution < -0.4 is 9.03 Å². The fourth-order valence-electron chi connectivity index (χ4n) is 2.56. The number of anilines is 1. The number of aryl methyl sites for hydroxylation is 1. The summed E-state index contributed by atoms with van der Waals surface area (Å²) >= 11 is 0. The standard InChI is InChI=1S/C15H22N2O4S/c1-2-3-4-5-6-12-7-8-14(15(19)9-12)17-10-13(11-18)16-22(17,20)21/h7-9,11,13,16,19H,2-6,10H2,1H3. The molecule has 1 aromatic carbocycles. The summed E-state index contributed by atoms with van der Waals surface area (Å²) in [7, 11) is -3.77. The van der Waals surface area contributed by atoms with Gasteiger partial charge in [-0.1, -0.05) is 32.3 Å². The second kappa shape index (κ2) is 7.11. The number of phenolic OH excluding ortho intramolecular Hbond substituents is 1. The first-order valence-electron chi connectivity index (χ1n) is 7.55. The summed E-state index contributed by atoms with van der Waals surface area (Å²) in [4.78, 5) is 10.8. The molecule has 0 radical (unpaired) electrons. The molecule has 1 fully saturated rings. The Morgan fingerprint density at radius 3 is 2.73 bits per heavy atom. The lowest BCUT2D eigenvalue weighted by molar-refractivity contribution is -0.108. The molecule has 7 heteroatoms. The molecule has 0 bridgehead atoms. The second-order valence-electron chi connectivity index (χ2n) is 5.53. The SMILES string of the molecule is CCCCCCc1ccc(N2CC(C=O)NS2(=O)=O)c(O)c1. The highest BCUT2D eigenvalue weighted by molar-refractivity contribution is 7.91. The van der Waals surface area contributed by atoms with Crippen LogP contribution in [0.15, 0.2) is 18.2 Å². The fourth-order valence-corrected chi connectivity index (χ4v) is 3.97. The van der Waals surface area contributed by atoms with Crippen molar-refractivity contribution in [3.8, 4) is 5.75 Å². The first-order chi connectivity index (χ1) is 10.5. The van der Waals surface area contributed by atoms with E-state index in [2.05, 4.69) is 11.6 Å².